The lowest BCUT2D eigenvalue weighted by Crippen LogP contribution is -2.02. The molecule has 0 radical (unpaired) electrons. The molecule has 6 heteroatoms. The number of halogens is 4. The molecule has 0 saturated heterocycles. The molecule has 2 aromatic carbocycles. The quantitative estimate of drug-likeness (QED) is 0.589. The summed E-state index contributed by atoms with van der Waals surface area (Å²) in [6.07, 6.45) is 0. The highest BCUT2D eigenvalue weighted by atomic mass is 79.9. The van der Waals surface area contributed by atoms with E-state index in [2.05, 4.69) is 36.6 Å². The summed E-state index contributed by atoms with van der Waals surface area (Å²) in [6.45, 7) is -2.81. The van der Waals surface area contributed by atoms with Gasteiger partial charge in [-0.05, 0) is 35.4 Å². The van der Waals surface area contributed by atoms with E-state index in [4.69, 9.17) is 4.74 Å². The molecule has 2 aromatic rings. The molecule has 0 saturated carbocycles. The summed E-state index contributed by atoms with van der Waals surface area (Å²) in [5.74, 6) is 0.897. The molecule has 21 heavy (non-hydrogen) atoms. The van der Waals surface area contributed by atoms with Gasteiger partial charge in [0.05, 0.1) is 11.9 Å². The fourth-order valence-electron chi connectivity index (χ4n) is 1.84. The largest absolute Gasteiger partial charge is 0.497 e. The number of methoxy groups -OCH3 is 1. The van der Waals surface area contributed by atoms with Gasteiger partial charge in [-0.2, -0.15) is 8.78 Å². The Hall–Kier alpha value is -1.14. The van der Waals surface area contributed by atoms with Crippen LogP contribution in [-0.4, -0.2) is 13.7 Å². The number of alkyl halides is 3. The van der Waals surface area contributed by atoms with Crippen molar-refractivity contribution in [3.63, 3.8) is 0 Å². The maximum Gasteiger partial charge on any atom is 0.387 e. The Morgan fingerprint density at radius 3 is 2.14 bits per heavy atom. The van der Waals surface area contributed by atoms with Crippen LogP contribution in [-0.2, 0) is 0 Å². The molecule has 1 atom stereocenters. The van der Waals surface area contributed by atoms with Crippen LogP contribution in [0.5, 0.6) is 11.5 Å². The average Bonchev–Trinajstić information content (AvgIpc) is 2.46. The summed E-state index contributed by atoms with van der Waals surface area (Å²) < 4.78 is 34.6. The number of rotatable bonds is 5. The Morgan fingerprint density at radius 2 is 1.62 bits per heavy atom. The lowest BCUT2D eigenvalue weighted by atomic mass is 10.0. The van der Waals surface area contributed by atoms with Gasteiger partial charge in [0.15, 0.2) is 0 Å². The number of hydrogen-bond donors (Lipinski definition) is 0. The monoisotopic (exact) mass is 420 g/mol. The molecule has 1 unspecified atom stereocenters. The molecular formula is C15H12Br2F2O2. The van der Waals surface area contributed by atoms with Crippen molar-refractivity contribution >= 4 is 31.9 Å². The van der Waals surface area contributed by atoms with Crippen molar-refractivity contribution in [3.8, 4) is 11.5 Å². The number of ether oxygens (including phenoxy) is 2. The van der Waals surface area contributed by atoms with E-state index in [1.165, 1.54) is 12.1 Å². The molecule has 2 nitrogen and oxygen atoms in total. The molecule has 0 heterocycles. The lowest BCUT2D eigenvalue weighted by Gasteiger charge is -2.14. The molecule has 0 aliphatic rings. The molecule has 112 valence electrons. The van der Waals surface area contributed by atoms with Crippen LogP contribution in [0.2, 0.25) is 0 Å². The third-order valence-electron chi connectivity index (χ3n) is 2.88. The van der Waals surface area contributed by atoms with Gasteiger partial charge in [0.1, 0.15) is 11.5 Å². The number of hydrogen-bond acceptors (Lipinski definition) is 2. The van der Waals surface area contributed by atoms with Crippen molar-refractivity contribution in [1.29, 1.82) is 0 Å². The molecule has 0 aliphatic carbocycles. The zero-order valence-electron chi connectivity index (χ0n) is 11.0. The van der Waals surface area contributed by atoms with Gasteiger partial charge >= 0.3 is 6.61 Å². The van der Waals surface area contributed by atoms with E-state index in [9.17, 15) is 8.78 Å². The first kappa shape index (κ1) is 16.2. The average molecular weight is 422 g/mol. The Kier molecular flexibility index (Phi) is 5.58. The van der Waals surface area contributed by atoms with Crippen molar-refractivity contribution in [2.24, 2.45) is 0 Å². The van der Waals surface area contributed by atoms with Crippen LogP contribution in [0.1, 0.15) is 16.0 Å². The molecule has 0 fully saturated rings. The Balaban J connectivity index is 2.21. The van der Waals surface area contributed by atoms with Gasteiger partial charge in [0, 0.05) is 4.47 Å². The summed E-state index contributed by atoms with van der Waals surface area (Å²) in [6, 6.07) is 12.2. The van der Waals surface area contributed by atoms with Gasteiger partial charge in [-0.1, -0.05) is 50.1 Å². The third kappa shape index (κ3) is 4.17. The van der Waals surface area contributed by atoms with Crippen LogP contribution in [0, 0.1) is 0 Å². The van der Waals surface area contributed by atoms with E-state index in [1.807, 2.05) is 18.2 Å². The Bertz CT molecular complexity index is 603. The second-order valence-corrected chi connectivity index (χ2v) is 5.97. The van der Waals surface area contributed by atoms with Gasteiger partial charge < -0.3 is 9.47 Å². The Labute approximate surface area is 138 Å². The maximum atomic E-state index is 12.1. The summed E-state index contributed by atoms with van der Waals surface area (Å²) in [5, 5.41) is 0. The SMILES string of the molecule is COc1ccc(C(Br)c2ccc(OC(F)F)cc2)c(Br)c1. The van der Waals surface area contributed by atoms with Crippen LogP contribution >= 0.6 is 31.9 Å². The van der Waals surface area contributed by atoms with Gasteiger partial charge in [-0.25, -0.2) is 0 Å². The zero-order chi connectivity index (χ0) is 15.4. The minimum Gasteiger partial charge on any atom is -0.497 e. The highest BCUT2D eigenvalue weighted by Gasteiger charge is 2.14. The van der Waals surface area contributed by atoms with Gasteiger partial charge in [-0.15, -0.1) is 0 Å². The maximum absolute atomic E-state index is 12.1. The molecule has 0 bridgehead atoms. The lowest BCUT2D eigenvalue weighted by molar-refractivity contribution is -0.0498. The first-order valence-electron chi connectivity index (χ1n) is 6.03. The van der Waals surface area contributed by atoms with Crippen molar-refractivity contribution in [2.75, 3.05) is 7.11 Å². The molecule has 0 aliphatic heterocycles. The predicted octanol–water partition coefficient (Wildman–Crippen LogP) is 5.54. The standard InChI is InChI=1S/C15H12Br2F2O2/c1-20-11-6-7-12(13(16)8-11)14(17)9-2-4-10(5-3-9)21-15(18)19/h2-8,14-15H,1H3. The van der Waals surface area contributed by atoms with E-state index in [-0.39, 0.29) is 10.6 Å². The van der Waals surface area contributed by atoms with Gasteiger partial charge in [-0.3, -0.25) is 0 Å². The Morgan fingerprint density at radius 1 is 1.00 bits per heavy atom. The summed E-state index contributed by atoms with van der Waals surface area (Å²) in [7, 11) is 1.61. The van der Waals surface area contributed by atoms with Crippen LogP contribution in [0.4, 0.5) is 8.78 Å². The van der Waals surface area contributed by atoms with E-state index >= 15 is 0 Å². The molecule has 0 spiro atoms. The van der Waals surface area contributed by atoms with E-state index in [1.54, 1.807) is 19.2 Å². The van der Waals surface area contributed by atoms with Crippen LogP contribution in [0.25, 0.3) is 0 Å². The second-order valence-electron chi connectivity index (χ2n) is 4.20. The second kappa shape index (κ2) is 7.22. The van der Waals surface area contributed by atoms with Crippen LogP contribution in [0.3, 0.4) is 0 Å². The van der Waals surface area contributed by atoms with Gasteiger partial charge in [0.25, 0.3) is 0 Å². The molecule has 0 N–H and O–H groups in total. The minimum atomic E-state index is -2.81. The summed E-state index contributed by atoms with van der Waals surface area (Å²) >= 11 is 7.11. The van der Waals surface area contributed by atoms with Crippen molar-refractivity contribution in [2.45, 2.75) is 11.4 Å². The fourth-order valence-corrected chi connectivity index (χ4v) is 3.44. The predicted molar refractivity (Wildman–Crippen MR) is 84.5 cm³/mol. The number of benzene rings is 2. The van der Waals surface area contributed by atoms with E-state index < -0.39 is 6.61 Å². The highest BCUT2D eigenvalue weighted by Crippen LogP contribution is 2.37. The topological polar surface area (TPSA) is 18.5 Å². The highest BCUT2D eigenvalue weighted by molar-refractivity contribution is 9.11. The first-order chi connectivity index (χ1) is 10.0. The summed E-state index contributed by atoms with van der Waals surface area (Å²) in [4.78, 5) is -0.0709. The van der Waals surface area contributed by atoms with Crippen LogP contribution in [0.15, 0.2) is 46.9 Å². The zero-order valence-corrected chi connectivity index (χ0v) is 14.2. The third-order valence-corrected chi connectivity index (χ3v) is 4.59. The smallest absolute Gasteiger partial charge is 0.387 e. The van der Waals surface area contributed by atoms with E-state index in [0.717, 1.165) is 21.3 Å². The molecule has 2 rings (SSSR count). The normalized spacial score (nSPS) is 12.3. The van der Waals surface area contributed by atoms with Crippen molar-refractivity contribution in [1.82, 2.24) is 0 Å². The summed E-state index contributed by atoms with van der Waals surface area (Å²) in [5.41, 5.74) is 1.95. The van der Waals surface area contributed by atoms with Gasteiger partial charge in [0.2, 0.25) is 0 Å². The van der Waals surface area contributed by atoms with Crippen molar-refractivity contribution < 1.29 is 18.3 Å². The molecule has 0 amide bonds. The fraction of sp³-hybridized carbons (Fsp3) is 0.200. The first-order valence-corrected chi connectivity index (χ1v) is 7.74. The molecule has 0 aromatic heterocycles. The molecular weight excluding hydrogens is 410 g/mol. The van der Waals surface area contributed by atoms with Crippen molar-refractivity contribution in [3.05, 3.63) is 58.1 Å². The van der Waals surface area contributed by atoms with E-state index in [0.29, 0.717) is 0 Å². The minimum absolute atomic E-state index is 0.0709. The van der Waals surface area contributed by atoms with Crippen LogP contribution < -0.4 is 9.47 Å².